The highest BCUT2D eigenvalue weighted by molar-refractivity contribution is 6.31. The quantitative estimate of drug-likeness (QED) is 0.863. The van der Waals surface area contributed by atoms with Gasteiger partial charge in [-0.25, -0.2) is 0 Å². The van der Waals surface area contributed by atoms with Gasteiger partial charge in [-0.15, -0.1) is 0 Å². The molecule has 7 heteroatoms. The summed E-state index contributed by atoms with van der Waals surface area (Å²) in [7, 11) is 1.61. The first-order valence-corrected chi connectivity index (χ1v) is 8.89. The van der Waals surface area contributed by atoms with Gasteiger partial charge in [0.1, 0.15) is 12.4 Å². The lowest BCUT2D eigenvalue weighted by molar-refractivity contribution is -0.138. The zero-order valence-corrected chi connectivity index (χ0v) is 15.7. The molecular weight excluding hydrogens is 375 g/mol. The van der Waals surface area contributed by atoms with Crippen LogP contribution in [0.1, 0.15) is 5.56 Å². The van der Waals surface area contributed by atoms with Crippen molar-refractivity contribution in [1.82, 2.24) is 4.90 Å². The molecule has 0 saturated carbocycles. The number of hydrogen-bond donors (Lipinski definition) is 1. The van der Waals surface area contributed by atoms with Gasteiger partial charge >= 0.3 is 0 Å². The Morgan fingerprint density at radius 1 is 1.15 bits per heavy atom. The first-order valence-electron chi connectivity index (χ1n) is 8.14. The van der Waals surface area contributed by atoms with Crippen LogP contribution in [0, 0.1) is 5.92 Å². The third kappa shape index (κ3) is 4.48. The molecule has 0 saturated heterocycles. The molecule has 1 N–H and O–H groups in total. The maximum Gasteiger partial charge on any atom is 0.243 e. The van der Waals surface area contributed by atoms with Gasteiger partial charge in [-0.2, -0.15) is 0 Å². The standard InChI is InChI=1S/C19H18Cl2N2O3/c1-23(10-18(24)22-16-5-2-14(20)3-6-16)19(25)13-8-12-9-15(21)4-7-17(12)26-11-13/h2-7,9,13H,8,10-11H2,1H3,(H,22,24)/t13-/m0/s1. The number of halogens is 2. The van der Waals surface area contributed by atoms with Gasteiger partial charge in [0.15, 0.2) is 0 Å². The normalized spacial score (nSPS) is 15.6. The van der Waals surface area contributed by atoms with Gasteiger partial charge < -0.3 is 15.0 Å². The molecule has 0 fully saturated rings. The monoisotopic (exact) mass is 392 g/mol. The number of fused-ring (bicyclic) bond motifs is 1. The van der Waals surface area contributed by atoms with E-state index in [1.807, 2.05) is 12.1 Å². The SMILES string of the molecule is CN(CC(=O)Nc1ccc(Cl)cc1)C(=O)[C@@H]1COc2ccc(Cl)cc2C1. The van der Waals surface area contributed by atoms with Crippen LogP contribution < -0.4 is 10.1 Å². The lowest BCUT2D eigenvalue weighted by atomic mass is 9.95. The molecule has 5 nitrogen and oxygen atoms in total. The zero-order valence-electron chi connectivity index (χ0n) is 14.2. The summed E-state index contributed by atoms with van der Waals surface area (Å²) in [6.07, 6.45) is 0.540. The van der Waals surface area contributed by atoms with Crippen molar-refractivity contribution in [3.8, 4) is 5.75 Å². The van der Waals surface area contributed by atoms with Gasteiger partial charge in [0.05, 0.1) is 12.5 Å². The molecule has 2 aromatic rings. The van der Waals surface area contributed by atoms with Crippen LogP contribution in [-0.4, -0.2) is 36.9 Å². The Balaban J connectivity index is 1.57. The van der Waals surface area contributed by atoms with Crippen LogP contribution in [0.25, 0.3) is 0 Å². The number of benzene rings is 2. The molecule has 2 aromatic carbocycles. The van der Waals surface area contributed by atoms with Crippen LogP contribution in [0.5, 0.6) is 5.75 Å². The number of nitrogens with one attached hydrogen (secondary N) is 1. The van der Waals surface area contributed by atoms with E-state index in [0.29, 0.717) is 22.2 Å². The van der Waals surface area contributed by atoms with Crippen LogP contribution in [0.3, 0.4) is 0 Å². The molecule has 0 spiro atoms. The average molecular weight is 393 g/mol. The Morgan fingerprint density at radius 2 is 1.85 bits per heavy atom. The first kappa shape index (κ1) is 18.5. The van der Waals surface area contributed by atoms with Gasteiger partial charge in [0.2, 0.25) is 11.8 Å². The van der Waals surface area contributed by atoms with Crippen molar-refractivity contribution in [2.24, 2.45) is 5.92 Å². The number of hydrogen-bond acceptors (Lipinski definition) is 3. The summed E-state index contributed by atoms with van der Waals surface area (Å²) in [5.74, 6) is 0.00103. The minimum absolute atomic E-state index is 0.0413. The van der Waals surface area contributed by atoms with Crippen molar-refractivity contribution in [1.29, 1.82) is 0 Å². The summed E-state index contributed by atoms with van der Waals surface area (Å²) < 4.78 is 5.66. The molecule has 0 unspecified atom stereocenters. The topological polar surface area (TPSA) is 58.6 Å². The maximum absolute atomic E-state index is 12.6. The molecule has 0 aliphatic carbocycles. The summed E-state index contributed by atoms with van der Waals surface area (Å²) in [5.41, 5.74) is 1.53. The van der Waals surface area contributed by atoms with Crippen molar-refractivity contribution in [3.63, 3.8) is 0 Å². The Labute approximate surface area is 161 Å². The van der Waals surface area contributed by atoms with Gasteiger partial charge in [-0.3, -0.25) is 9.59 Å². The Kier molecular flexibility index (Phi) is 5.69. The van der Waals surface area contributed by atoms with Crippen molar-refractivity contribution in [2.75, 3.05) is 25.5 Å². The number of amides is 2. The number of ether oxygens (including phenoxy) is 1. The van der Waals surface area contributed by atoms with E-state index in [1.54, 1.807) is 37.4 Å². The highest BCUT2D eigenvalue weighted by atomic mass is 35.5. The van der Waals surface area contributed by atoms with Gasteiger partial charge in [0.25, 0.3) is 0 Å². The van der Waals surface area contributed by atoms with E-state index in [-0.39, 0.29) is 30.9 Å². The second-order valence-electron chi connectivity index (χ2n) is 6.21. The smallest absolute Gasteiger partial charge is 0.243 e. The fraction of sp³-hybridized carbons (Fsp3) is 0.263. The molecule has 1 aliphatic rings. The number of anilines is 1. The number of nitrogens with zero attached hydrogens (tertiary/aromatic N) is 1. The second-order valence-corrected chi connectivity index (χ2v) is 7.09. The highest BCUT2D eigenvalue weighted by Crippen LogP contribution is 2.30. The summed E-state index contributed by atoms with van der Waals surface area (Å²) >= 11 is 11.8. The molecule has 1 atom stereocenters. The summed E-state index contributed by atoms with van der Waals surface area (Å²) in [6.45, 7) is 0.247. The zero-order chi connectivity index (χ0) is 18.7. The molecule has 0 aromatic heterocycles. The third-order valence-corrected chi connectivity index (χ3v) is 4.65. The van der Waals surface area contributed by atoms with E-state index in [0.717, 1.165) is 11.3 Å². The fourth-order valence-corrected chi connectivity index (χ4v) is 3.18. The molecule has 1 aliphatic heterocycles. The van der Waals surface area contributed by atoms with E-state index in [9.17, 15) is 9.59 Å². The maximum atomic E-state index is 12.6. The van der Waals surface area contributed by atoms with Crippen LogP contribution >= 0.6 is 23.2 Å². The molecular formula is C19H18Cl2N2O3. The Hall–Kier alpha value is -2.24. The molecule has 1 heterocycles. The number of rotatable bonds is 4. The Bertz CT molecular complexity index is 824. The van der Waals surface area contributed by atoms with Crippen molar-refractivity contribution in [3.05, 3.63) is 58.1 Å². The minimum atomic E-state index is -0.339. The molecule has 3 rings (SSSR count). The predicted molar refractivity (Wildman–Crippen MR) is 102 cm³/mol. The molecule has 0 radical (unpaired) electrons. The largest absolute Gasteiger partial charge is 0.492 e. The van der Waals surface area contributed by atoms with E-state index in [4.69, 9.17) is 27.9 Å². The summed E-state index contributed by atoms with van der Waals surface area (Å²) in [4.78, 5) is 26.2. The van der Waals surface area contributed by atoms with E-state index in [2.05, 4.69) is 5.32 Å². The first-order chi connectivity index (χ1) is 12.4. The molecule has 0 bridgehead atoms. The minimum Gasteiger partial charge on any atom is -0.492 e. The summed E-state index contributed by atoms with van der Waals surface area (Å²) in [6, 6.07) is 12.2. The molecule has 26 heavy (non-hydrogen) atoms. The van der Waals surface area contributed by atoms with Crippen LogP contribution in [0.4, 0.5) is 5.69 Å². The Morgan fingerprint density at radius 3 is 2.58 bits per heavy atom. The van der Waals surface area contributed by atoms with Gasteiger partial charge in [-0.05, 0) is 54.4 Å². The average Bonchev–Trinajstić information content (AvgIpc) is 2.62. The predicted octanol–water partition coefficient (Wildman–Crippen LogP) is 3.64. The third-order valence-electron chi connectivity index (χ3n) is 4.16. The second kappa shape index (κ2) is 7.98. The van der Waals surface area contributed by atoms with Crippen LogP contribution in [0.15, 0.2) is 42.5 Å². The van der Waals surface area contributed by atoms with Crippen molar-refractivity contribution >= 4 is 40.7 Å². The number of carbonyl (C=O) groups excluding carboxylic acids is 2. The fourth-order valence-electron chi connectivity index (χ4n) is 2.86. The molecule has 2 amide bonds. The van der Waals surface area contributed by atoms with E-state index >= 15 is 0 Å². The van der Waals surface area contributed by atoms with Gasteiger partial charge in [-0.1, -0.05) is 23.2 Å². The van der Waals surface area contributed by atoms with Crippen molar-refractivity contribution < 1.29 is 14.3 Å². The van der Waals surface area contributed by atoms with Gasteiger partial charge in [0, 0.05) is 22.8 Å². The van der Waals surface area contributed by atoms with Crippen LogP contribution in [0.2, 0.25) is 10.0 Å². The lowest BCUT2D eigenvalue weighted by Crippen LogP contribution is -2.42. The highest BCUT2D eigenvalue weighted by Gasteiger charge is 2.29. The lowest BCUT2D eigenvalue weighted by Gasteiger charge is -2.28. The molecule has 136 valence electrons. The number of carbonyl (C=O) groups is 2. The van der Waals surface area contributed by atoms with E-state index in [1.165, 1.54) is 4.90 Å². The summed E-state index contributed by atoms with van der Waals surface area (Å²) in [5, 5.41) is 3.94. The van der Waals surface area contributed by atoms with Crippen LogP contribution in [-0.2, 0) is 16.0 Å². The number of likely N-dealkylation sites (N-methyl/N-ethyl adjacent to an activating group) is 1. The van der Waals surface area contributed by atoms with E-state index < -0.39 is 0 Å². The van der Waals surface area contributed by atoms with Crippen molar-refractivity contribution in [2.45, 2.75) is 6.42 Å².